The molecule has 2 unspecified atom stereocenters. The van der Waals surface area contributed by atoms with Crippen LogP contribution in [0.15, 0.2) is 22.8 Å². The highest BCUT2D eigenvalue weighted by molar-refractivity contribution is 9.10. The van der Waals surface area contributed by atoms with E-state index in [0.29, 0.717) is 0 Å². The molecule has 1 aliphatic heterocycles. The van der Waals surface area contributed by atoms with Crippen LogP contribution in [0.4, 0.5) is 0 Å². The molecule has 0 saturated carbocycles. The van der Waals surface area contributed by atoms with E-state index in [2.05, 4.69) is 20.9 Å². The van der Waals surface area contributed by atoms with Crippen LogP contribution in [0.1, 0.15) is 19.5 Å². The molecule has 2 heterocycles. The summed E-state index contributed by atoms with van der Waals surface area (Å²) in [5, 5.41) is 0. The molecule has 17 heavy (non-hydrogen) atoms. The highest BCUT2D eigenvalue weighted by atomic mass is 79.9. The molecular formula is C12H13BrN2O2. The molecule has 0 aromatic carbocycles. The van der Waals surface area contributed by atoms with Gasteiger partial charge in [-0.15, -0.1) is 0 Å². The lowest BCUT2D eigenvalue weighted by molar-refractivity contribution is -0.140. The number of carbonyl (C=O) groups is 2. The van der Waals surface area contributed by atoms with Gasteiger partial charge in [0.2, 0.25) is 11.8 Å². The van der Waals surface area contributed by atoms with Crippen molar-refractivity contribution in [2.24, 2.45) is 11.8 Å². The molecule has 1 aromatic rings. The number of nitrogens with zero attached hydrogens (tertiary/aromatic N) is 2. The fourth-order valence-corrected chi connectivity index (χ4v) is 2.08. The van der Waals surface area contributed by atoms with Crippen LogP contribution in [0.25, 0.3) is 0 Å². The van der Waals surface area contributed by atoms with Gasteiger partial charge >= 0.3 is 0 Å². The van der Waals surface area contributed by atoms with Gasteiger partial charge in [-0.3, -0.25) is 19.5 Å². The first-order valence-electron chi connectivity index (χ1n) is 5.46. The SMILES string of the molecule is CC1C(=O)N(Cc2ccc(Br)cn2)C(=O)C1C. The zero-order valence-electron chi connectivity index (χ0n) is 9.68. The van der Waals surface area contributed by atoms with Gasteiger partial charge in [0, 0.05) is 22.5 Å². The number of halogens is 1. The number of aromatic nitrogens is 1. The summed E-state index contributed by atoms with van der Waals surface area (Å²) in [5.74, 6) is -0.657. The highest BCUT2D eigenvalue weighted by Gasteiger charge is 2.42. The van der Waals surface area contributed by atoms with Gasteiger partial charge < -0.3 is 0 Å². The first-order valence-corrected chi connectivity index (χ1v) is 6.25. The molecule has 1 aromatic heterocycles. The summed E-state index contributed by atoms with van der Waals surface area (Å²) in [4.78, 5) is 29.2. The number of pyridine rings is 1. The van der Waals surface area contributed by atoms with Crippen LogP contribution in [-0.2, 0) is 16.1 Å². The number of amides is 2. The van der Waals surface area contributed by atoms with E-state index in [4.69, 9.17) is 0 Å². The molecule has 5 heteroatoms. The predicted octanol–water partition coefficient (Wildman–Crippen LogP) is 1.99. The Kier molecular flexibility index (Phi) is 3.28. The van der Waals surface area contributed by atoms with Crippen LogP contribution in [0.3, 0.4) is 0 Å². The van der Waals surface area contributed by atoms with E-state index in [1.807, 2.05) is 6.07 Å². The maximum absolute atomic E-state index is 11.9. The standard InChI is InChI=1S/C12H13BrN2O2/c1-7-8(2)12(17)15(11(7)16)6-10-4-3-9(13)5-14-10/h3-5,7-8H,6H2,1-2H3. The molecule has 90 valence electrons. The van der Waals surface area contributed by atoms with Gasteiger partial charge in [0.15, 0.2) is 0 Å². The minimum Gasteiger partial charge on any atom is -0.276 e. The molecule has 2 atom stereocenters. The van der Waals surface area contributed by atoms with E-state index in [0.717, 1.165) is 10.2 Å². The van der Waals surface area contributed by atoms with Gasteiger partial charge in [0.05, 0.1) is 12.2 Å². The smallest absolute Gasteiger partial charge is 0.233 e. The third-order valence-electron chi connectivity index (χ3n) is 3.17. The summed E-state index contributed by atoms with van der Waals surface area (Å²) in [6.45, 7) is 3.85. The van der Waals surface area contributed by atoms with E-state index in [-0.39, 0.29) is 30.2 Å². The Morgan fingerprint density at radius 3 is 2.29 bits per heavy atom. The highest BCUT2D eigenvalue weighted by Crippen LogP contribution is 2.26. The van der Waals surface area contributed by atoms with E-state index in [1.165, 1.54) is 4.90 Å². The summed E-state index contributed by atoms with van der Waals surface area (Å²) < 4.78 is 0.877. The Balaban J connectivity index is 2.17. The fraction of sp³-hybridized carbons (Fsp3) is 0.417. The van der Waals surface area contributed by atoms with Gasteiger partial charge in [0.1, 0.15) is 0 Å². The van der Waals surface area contributed by atoms with E-state index in [1.54, 1.807) is 26.1 Å². The zero-order chi connectivity index (χ0) is 12.6. The molecule has 2 rings (SSSR count). The third-order valence-corrected chi connectivity index (χ3v) is 3.64. The molecule has 0 aliphatic carbocycles. The Bertz CT molecular complexity index is 438. The number of hydrogen-bond acceptors (Lipinski definition) is 3. The average molecular weight is 297 g/mol. The van der Waals surface area contributed by atoms with Gasteiger partial charge in [-0.1, -0.05) is 13.8 Å². The number of imide groups is 1. The van der Waals surface area contributed by atoms with Gasteiger partial charge in [-0.25, -0.2) is 0 Å². The van der Waals surface area contributed by atoms with Crippen molar-refractivity contribution in [1.29, 1.82) is 0 Å². The summed E-state index contributed by atoms with van der Waals surface area (Å²) in [7, 11) is 0. The molecule has 0 bridgehead atoms. The molecule has 1 aliphatic rings. The quantitative estimate of drug-likeness (QED) is 0.784. The lowest BCUT2D eigenvalue weighted by Gasteiger charge is -2.13. The first kappa shape index (κ1) is 12.2. The van der Waals surface area contributed by atoms with Crippen LogP contribution in [0.2, 0.25) is 0 Å². The summed E-state index contributed by atoms with van der Waals surface area (Å²) in [6, 6.07) is 3.65. The van der Waals surface area contributed by atoms with Crippen LogP contribution in [0, 0.1) is 11.8 Å². The van der Waals surface area contributed by atoms with Crippen molar-refractivity contribution in [3.05, 3.63) is 28.5 Å². The van der Waals surface area contributed by atoms with Crippen molar-refractivity contribution in [1.82, 2.24) is 9.88 Å². The Hall–Kier alpha value is -1.23. The topological polar surface area (TPSA) is 50.3 Å². The third kappa shape index (κ3) is 2.24. The second-order valence-electron chi connectivity index (χ2n) is 4.31. The Morgan fingerprint density at radius 2 is 1.82 bits per heavy atom. The van der Waals surface area contributed by atoms with Crippen molar-refractivity contribution in [3.8, 4) is 0 Å². The predicted molar refractivity (Wildman–Crippen MR) is 65.8 cm³/mol. The van der Waals surface area contributed by atoms with Crippen molar-refractivity contribution in [2.75, 3.05) is 0 Å². The largest absolute Gasteiger partial charge is 0.276 e. The monoisotopic (exact) mass is 296 g/mol. The maximum atomic E-state index is 11.9. The second kappa shape index (κ2) is 4.56. The fourth-order valence-electron chi connectivity index (χ4n) is 1.85. The van der Waals surface area contributed by atoms with Gasteiger partial charge in [-0.2, -0.15) is 0 Å². The van der Waals surface area contributed by atoms with Crippen molar-refractivity contribution >= 4 is 27.7 Å². The first-order chi connectivity index (χ1) is 8.00. The molecule has 1 fully saturated rings. The molecular weight excluding hydrogens is 284 g/mol. The Morgan fingerprint density at radius 1 is 1.24 bits per heavy atom. The summed E-state index contributed by atoms with van der Waals surface area (Å²) in [6.07, 6.45) is 1.66. The molecule has 4 nitrogen and oxygen atoms in total. The van der Waals surface area contributed by atoms with E-state index in [9.17, 15) is 9.59 Å². The molecule has 0 spiro atoms. The minimum absolute atomic E-state index is 0.104. The molecule has 0 radical (unpaired) electrons. The average Bonchev–Trinajstić information content (AvgIpc) is 2.50. The van der Waals surface area contributed by atoms with E-state index < -0.39 is 0 Å². The van der Waals surface area contributed by atoms with Crippen LogP contribution in [-0.4, -0.2) is 21.7 Å². The summed E-state index contributed by atoms with van der Waals surface area (Å²) >= 11 is 3.29. The molecule has 2 amide bonds. The lowest BCUT2D eigenvalue weighted by Crippen LogP contribution is -2.30. The normalized spacial score (nSPS) is 24.5. The zero-order valence-corrected chi connectivity index (χ0v) is 11.3. The van der Waals surface area contributed by atoms with Crippen molar-refractivity contribution in [2.45, 2.75) is 20.4 Å². The van der Waals surface area contributed by atoms with E-state index >= 15 is 0 Å². The number of hydrogen-bond donors (Lipinski definition) is 0. The number of likely N-dealkylation sites (tertiary alicyclic amines) is 1. The summed E-state index contributed by atoms with van der Waals surface area (Å²) in [5.41, 5.74) is 0.719. The molecule has 1 saturated heterocycles. The van der Waals surface area contributed by atoms with Crippen LogP contribution in [0.5, 0.6) is 0 Å². The Labute approximate surface area is 108 Å². The lowest BCUT2D eigenvalue weighted by atomic mass is 10.00. The van der Waals surface area contributed by atoms with Gasteiger partial charge in [0.25, 0.3) is 0 Å². The minimum atomic E-state index is -0.224. The number of rotatable bonds is 2. The van der Waals surface area contributed by atoms with Crippen LogP contribution < -0.4 is 0 Å². The van der Waals surface area contributed by atoms with Crippen molar-refractivity contribution < 1.29 is 9.59 Å². The maximum Gasteiger partial charge on any atom is 0.233 e. The van der Waals surface area contributed by atoms with Crippen LogP contribution >= 0.6 is 15.9 Å². The molecule has 0 N–H and O–H groups in total. The van der Waals surface area contributed by atoms with Gasteiger partial charge in [-0.05, 0) is 28.1 Å². The van der Waals surface area contributed by atoms with Crippen molar-refractivity contribution in [3.63, 3.8) is 0 Å². The number of carbonyl (C=O) groups excluding carboxylic acids is 2. The second-order valence-corrected chi connectivity index (χ2v) is 5.22.